The Hall–Kier alpha value is -2.59. The molecule has 0 radical (unpaired) electrons. The molecule has 0 N–H and O–H groups in total. The standard InChI is InChI=1S/C17H13ClN2O2/c1-22-13-8-6-12(7-9-13)20-11-19-10-16(20)17(21)14-4-2-3-5-15(14)18/h2-11H,1H3. The summed E-state index contributed by atoms with van der Waals surface area (Å²) in [5.41, 5.74) is 1.74. The second kappa shape index (κ2) is 6.03. The van der Waals surface area contributed by atoms with Gasteiger partial charge in [0.1, 0.15) is 11.4 Å². The van der Waals surface area contributed by atoms with Gasteiger partial charge in [0.15, 0.2) is 0 Å². The lowest BCUT2D eigenvalue weighted by Gasteiger charge is -2.09. The molecular weight excluding hydrogens is 300 g/mol. The summed E-state index contributed by atoms with van der Waals surface area (Å²) >= 11 is 6.11. The number of ether oxygens (including phenoxy) is 1. The molecule has 22 heavy (non-hydrogen) atoms. The van der Waals surface area contributed by atoms with Crippen molar-refractivity contribution in [1.29, 1.82) is 0 Å². The van der Waals surface area contributed by atoms with E-state index in [0.717, 1.165) is 11.4 Å². The van der Waals surface area contributed by atoms with Crippen molar-refractivity contribution in [2.45, 2.75) is 0 Å². The third-order valence-corrected chi connectivity index (χ3v) is 3.67. The van der Waals surface area contributed by atoms with Crippen LogP contribution >= 0.6 is 11.6 Å². The van der Waals surface area contributed by atoms with Gasteiger partial charge in [0.25, 0.3) is 0 Å². The van der Waals surface area contributed by atoms with Gasteiger partial charge in [-0.3, -0.25) is 9.36 Å². The van der Waals surface area contributed by atoms with E-state index in [-0.39, 0.29) is 5.78 Å². The van der Waals surface area contributed by atoms with Crippen molar-refractivity contribution in [3.63, 3.8) is 0 Å². The number of carbonyl (C=O) groups excluding carboxylic acids is 1. The van der Waals surface area contributed by atoms with E-state index in [2.05, 4.69) is 4.98 Å². The molecule has 1 aromatic heterocycles. The van der Waals surface area contributed by atoms with Gasteiger partial charge >= 0.3 is 0 Å². The van der Waals surface area contributed by atoms with E-state index in [1.54, 1.807) is 42.3 Å². The van der Waals surface area contributed by atoms with Crippen molar-refractivity contribution in [2.75, 3.05) is 7.11 Å². The highest BCUT2D eigenvalue weighted by atomic mass is 35.5. The van der Waals surface area contributed by atoms with E-state index < -0.39 is 0 Å². The van der Waals surface area contributed by atoms with E-state index in [1.165, 1.54) is 6.20 Å². The first-order valence-corrected chi connectivity index (χ1v) is 7.04. The van der Waals surface area contributed by atoms with Gasteiger partial charge in [-0.05, 0) is 36.4 Å². The van der Waals surface area contributed by atoms with E-state index in [4.69, 9.17) is 16.3 Å². The molecule has 4 nitrogen and oxygen atoms in total. The Labute approximate surface area is 132 Å². The Morgan fingerprint density at radius 3 is 2.55 bits per heavy atom. The van der Waals surface area contributed by atoms with Crippen LogP contribution in [0.15, 0.2) is 61.1 Å². The van der Waals surface area contributed by atoms with Crippen LogP contribution in [0.4, 0.5) is 0 Å². The van der Waals surface area contributed by atoms with E-state index in [1.807, 2.05) is 24.3 Å². The predicted molar refractivity (Wildman–Crippen MR) is 85.0 cm³/mol. The van der Waals surface area contributed by atoms with Gasteiger partial charge in [-0.25, -0.2) is 4.98 Å². The molecule has 110 valence electrons. The van der Waals surface area contributed by atoms with Crippen LogP contribution in [0.5, 0.6) is 5.75 Å². The SMILES string of the molecule is COc1ccc(-n2cncc2C(=O)c2ccccc2Cl)cc1. The molecule has 0 aliphatic rings. The van der Waals surface area contributed by atoms with Gasteiger partial charge in [0, 0.05) is 11.3 Å². The number of benzene rings is 2. The van der Waals surface area contributed by atoms with Crippen LogP contribution in [-0.4, -0.2) is 22.4 Å². The van der Waals surface area contributed by atoms with Crippen LogP contribution in [-0.2, 0) is 0 Å². The van der Waals surface area contributed by atoms with Crippen molar-refractivity contribution in [1.82, 2.24) is 9.55 Å². The van der Waals surface area contributed by atoms with Crippen LogP contribution < -0.4 is 4.74 Å². The minimum absolute atomic E-state index is 0.168. The maximum Gasteiger partial charge on any atom is 0.212 e. The topological polar surface area (TPSA) is 44.1 Å². The number of carbonyl (C=O) groups is 1. The molecule has 0 fully saturated rings. The molecule has 0 aliphatic heterocycles. The Morgan fingerprint density at radius 2 is 1.86 bits per heavy atom. The highest BCUT2D eigenvalue weighted by molar-refractivity contribution is 6.34. The quantitative estimate of drug-likeness (QED) is 0.689. The molecule has 0 amide bonds. The molecule has 3 rings (SSSR count). The zero-order valence-corrected chi connectivity index (χ0v) is 12.6. The van der Waals surface area contributed by atoms with Crippen molar-refractivity contribution in [3.8, 4) is 11.4 Å². The molecule has 2 aromatic carbocycles. The number of halogens is 1. The van der Waals surface area contributed by atoms with E-state index in [0.29, 0.717) is 16.3 Å². The zero-order valence-electron chi connectivity index (χ0n) is 11.9. The van der Waals surface area contributed by atoms with Crippen molar-refractivity contribution in [2.24, 2.45) is 0 Å². The zero-order chi connectivity index (χ0) is 15.5. The molecule has 0 spiro atoms. The third-order valence-electron chi connectivity index (χ3n) is 3.34. The average Bonchev–Trinajstić information content (AvgIpc) is 3.04. The smallest absolute Gasteiger partial charge is 0.212 e. The number of methoxy groups -OCH3 is 1. The molecule has 1 heterocycles. The van der Waals surface area contributed by atoms with Gasteiger partial charge in [-0.1, -0.05) is 23.7 Å². The highest BCUT2D eigenvalue weighted by Crippen LogP contribution is 2.22. The van der Waals surface area contributed by atoms with Gasteiger partial charge in [-0.2, -0.15) is 0 Å². The Kier molecular flexibility index (Phi) is 3.94. The summed E-state index contributed by atoms with van der Waals surface area (Å²) in [7, 11) is 1.61. The molecular formula is C17H13ClN2O2. The van der Waals surface area contributed by atoms with Gasteiger partial charge in [-0.15, -0.1) is 0 Å². The fourth-order valence-corrected chi connectivity index (χ4v) is 2.42. The number of hydrogen-bond acceptors (Lipinski definition) is 3. The molecule has 5 heteroatoms. The predicted octanol–water partition coefficient (Wildman–Crippen LogP) is 3.77. The molecule has 0 atom stereocenters. The fourth-order valence-electron chi connectivity index (χ4n) is 2.19. The first-order chi connectivity index (χ1) is 10.7. The minimum atomic E-state index is -0.168. The summed E-state index contributed by atoms with van der Waals surface area (Å²) < 4.78 is 6.87. The van der Waals surface area contributed by atoms with Gasteiger partial charge < -0.3 is 4.74 Å². The number of imidazole rings is 1. The monoisotopic (exact) mass is 312 g/mol. The molecule has 0 unspecified atom stereocenters. The highest BCUT2D eigenvalue weighted by Gasteiger charge is 2.17. The average molecular weight is 313 g/mol. The molecule has 0 saturated carbocycles. The van der Waals surface area contributed by atoms with Crippen LogP contribution in [0.25, 0.3) is 5.69 Å². The van der Waals surface area contributed by atoms with Crippen LogP contribution in [0, 0.1) is 0 Å². The minimum Gasteiger partial charge on any atom is -0.497 e. The maximum absolute atomic E-state index is 12.7. The number of ketones is 1. The number of aromatic nitrogens is 2. The summed E-state index contributed by atoms with van der Waals surface area (Å²) in [4.78, 5) is 16.8. The summed E-state index contributed by atoms with van der Waals surface area (Å²) in [5.74, 6) is 0.585. The number of hydrogen-bond donors (Lipinski definition) is 0. The summed E-state index contributed by atoms with van der Waals surface area (Å²) in [5, 5.41) is 0.426. The largest absolute Gasteiger partial charge is 0.497 e. The van der Waals surface area contributed by atoms with Crippen LogP contribution in [0.2, 0.25) is 5.02 Å². The third kappa shape index (κ3) is 2.61. The van der Waals surface area contributed by atoms with Crippen molar-refractivity contribution >= 4 is 17.4 Å². The molecule has 0 bridgehead atoms. The number of rotatable bonds is 4. The molecule has 3 aromatic rings. The normalized spacial score (nSPS) is 10.5. The second-order valence-electron chi connectivity index (χ2n) is 4.66. The fraction of sp³-hybridized carbons (Fsp3) is 0.0588. The van der Waals surface area contributed by atoms with E-state index >= 15 is 0 Å². The van der Waals surface area contributed by atoms with Crippen molar-refractivity contribution < 1.29 is 9.53 Å². The van der Waals surface area contributed by atoms with Gasteiger partial charge in [0.2, 0.25) is 5.78 Å². The first-order valence-electron chi connectivity index (χ1n) is 6.66. The summed E-state index contributed by atoms with van der Waals surface area (Å²) in [6.45, 7) is 0. The lowest BCUT2D eigenvalue weighted by Crippen LogP contribution is -2.08. The summed E-state index contributed by atoms with van der Waals surface area (Å²) in [6.07, 6.45) is 3.14. The lowest BCUT2D eigenvalue weighted by atomic mass is 10.1. The maximum atomic E-state index is 12.7. The molecule has 0 aliphatic carbocycles. The van der Waals surface area contributed by atoms with Gasteiger partial charge in [0.05, 0.1) is 24.7 Å². The van der Waals surface area contributed by atoms with Crippen molar-refractivity contribution in [3.05, 3.63) is 77.3 Å². The lowest BCUT2D eigenvalue weighted by molar-refractivity contribution is 0.103. The Bertz CT molecular complexity index is 810. The van der Waals surface area contributed by atoms with E-state index in [9.17, 15) is 4.79 Å². The van der Waals surface area contributed by atoms with Crippen LogP contribution in [0.1, 0.15) is 16.1 Å². The number of nitrogens with zero attached hydrogens (tertiary/aromatic N) is 2. The summed E-state index contributed by atoms with van der Waals surface area (Å²) in [6, 6.07) is 14.4. The Morgan fingerprint density at radius 1 is 1.14 bits per heavy atom. The molecule has 0 saturated heterocycles. The Balaban J connectivity index is 2.01. The second-order valence-corrected chi connectivity index (χ2v) is 5.06. The van der Waals surface area contributed by atoms with Crippen LogP contribution in [0.3, 0.4) is 0 Å². The first kappa shape index (κ1) is 14.4.